The lowest BCUT2D eigenvalue weighted by molar-refractivity contribution is -0.122. The molecule has 2 heterocycles. The van der Waals surface area contributed by atoms with Crippen molar-refractivity contribution < 1.29 is 9.59 Å². The summed E-state index contributed by atoms with van der Waals surface area (Å²) in [4.78, 5) is 26.4. The van der Waals surface area contributed by atoms with E-state index in [1.54, 1.807) is 4.90 Å². The summed E-state index contributed by atoms with van der Waals surface area (Å²) >= 11 is 4.84. The van der Waals surface area contributed by atoms with Crippen LogP contribution in [0, 0.1) is 5.92 Å². The summed E-state index contributed by atoms with van der Waals surface area (Å²) in [6.45, 7) is 0.384. The summed E-state index contributed by atoms with van der Waals surface area (Å²) in [6, 6.07) is 7.53. The molecule has 8 heteroatoms. The number of benzene rings is 1. The standard InChI is InChI=1S/C16H15BrN4O2S/c17-11-2-1-3-12(7-11)21-8-10(6-13(21)22)14(23)18-16-20-19-15(24-16)9-4-5-9/h1-3,7,9-10H,4-6,8H2,(H,18,20,23)/t10-/m1/s1. The summed E-state index contributed by atoms with van der Waals surface area (Å²) in [5.74, 6) is -0.0542. The second kappa shape index (κ2) is 6.25. The SMILES string of the molecule is O=C(Nc1nnc(C2CC2)s1)[C@@H]1CC(=O)N(c2cccc(Br)c2)C1. The monoisotopic (exact) mass is 406 g/mol. The van der Waals surface area contributed by atoms with Crippen LogP contribution in [-0.2, 0) is 9.59 Å². The molecule has 2 amide bonds. The smallest absolute Gasteiger partial charge is 0.231 e. The lowest BCUT2D eigenvalue weighted by Crippen LogP contribution is -2.28. The van der Waals surface area contributed by atoms with Crippen LogP contribution in [0.5, 0.6) is 0 Å². The zero-order valence-corrected chi connectivity index (χ0v) is 15.1. The van der Waals surface area contributed by atoms with Gasteiger partial charge in [-0.3, -0.25) is 9.59 Å². The molecule has 2 aliphatic rings. The van der Waals surface area contributed by atoms with E-state index in [4.69, 9.17) is 0 Å². The van der Waals surface area contributed by atoms with E-state index in [0.29, 0.717) is 17.6 Å². The van der Waals surface area contributed by atoms with Crippen LogP contribution in [0.4, 0.5) is 10.8 Å². The number of hydrogen-bond acceptors (Lipinski definition) is 5. The highest BCUT2D eigenvalue weighted by molar-refractivity contribution is 9.10. The number of carbonyl (C=O) groups excluding carboxylic acids is 2. The molecule has 0 bridgehead atoms. The third-order valence-electron chi connectivity index (χ3n) is 4.21. The van der Waals surface area contributed by atoms with Gasteiger partial charge in [-0.2, -0.15) is 0 Å². The first-order valence-corrected chi connectivity index (χ1v) is 9.41. The van der Waals surface area contributed by atoms with Gasteiger partial charge in [0, 0.05) is 29.0 Å². The number of carbonyl (C=O) groups is 2. The van der Waals surface area contributed by atoms with Crippen LogP contribution in [-0.4, -0.2) is 28.6 Å². The van der Waals surface area contributed by atoms with Crippen molar-refractivity contribution in [3.63, 3.8) is 0 Å². The first-order chi connectivity index (χ1) is 11.6. The number of nitrogens with zero attached hydrogens (tertiary/aromatic N) is 3. The minimum Gasteiger partial charge on any atom is -0.312 e. The quantitative estimate of drug-likeness (QED) is 0.845. The van der Waals surface area contributed by atoms with Crippen molar-refractivity contribution in [2.24, 2.45) is 5.92 Å². The lowest BCUT2D eigenvalue weighted by atomic mass is 10.1. The third-order valence-corrected chi connectivity index (χ3v) is 5.71. The summed E-state index contributed by atoms with van der Waals surface area (Å²) in [5.41, 5.74) is 0.802. The maximum Gasteiger partial charge on any atom is 0.231 e. The normalized spacial score (nSPS) is 20.5. The van der Waals surface area contributed by atoms with Gasteiger partial charge in [-0.25, -0.2) is 0 Å². The Hall–Kier alpha value is -1.80. The van der Waals surface area contributed by atoms with Crippen molar-refractivity contribution in [3.05, 3.63) is 33.7 Å². The fraction of sp³-hybridized carbons (Fsp3) is 0.375. The molecule has 2 aromatic rings. The van der Waals surface area contributed by atoms with Gasteiger partial charge in [-0.05, 0) is 31.0 Å². The Bertz CT molecular complexity index is 805. The van der Waals surface area contributed by atoms with Gasteiger partial charge in [-0.15, -0.1) is 10.2 Å². The molecule has 24 heavy (non-hydrogen) atoms. The second-order valence-electron chi connectivity index (χ2n) is 6.09. The van der Waals surface area contributed by atoms with Gasteiger partial charge in [0.05, 0.1) is 5.92 Å². The average Bonchev–Trinajstić information content (AvgIpc) is 3.18. The van der Waals surface area contributed by atoms with E-state index in [-0.39, 0.29) is 24.2 Å². The summed E-state index contributed by atoms with van der Waals surface area (Å²) in [7, 11) is 0. The maximum atomic E-state index is 12.4. The average molecular weight is 407 g/mol. The van der Waals surface area contributed by atoms with Gasteiger partial charge in [0.15, 0.2) is 0 Å². The van der Waals surface area contributed by atoms with Gasteiger partial charge >= 0.3 is 0 Å². The highest BCUT2D eigenvalue weighted by atomic mass is 79.9. The molecule has 124 valence electrons. The highest BCUT2D eigenvalue weighted by Crippen LogP contribution is 2.42. The maximum absolute atomic E-state index is 12.4. The number of halogens is 1. The van der Waals surface area contributed by atoms with Gasteiger partial charge < -0.3 is 10.2 Å². The molecule has 4 rings (SSSR count). The fourth-order valence-electron chi connectivity index (χ4n) is 2.76. The van der Waals surface area contributed by atoms with E-state index in [0.717, 1.165) is 28.0 Å². The van der Waals surface area contributed by atoms with Gasteiger partial charge in [0.25, 0.3) is 0 Å². The predicted molar refractivity (Wildman–Crippen MR) is 95.1 cm³/mol. The Morgan fingerprint density at radius 1 is 1.33 bits per heavy atom. The van der Waals surface area contributed by atoms with Gasteiger partial charge in [-0.1, -0.05) is 33.3 Å². The van der Waals surface area contributed by atoms with E-state index in [2.05, 4.69) is 31.4 Å². The van der Waals surface area contributed by atoms with Crippen LogP contribution >= 0.6 is 27.3 Å². The zero-order chi connectivity index (χ0) is 16.7. The van der Waals surface area contributed by atoms with E-state index in [9.17, 15) is 9.59 Å². The number of rotatable bonds is 4. The van der Waals surface area contributed by atoms with Crippen molar-refractivity contribution in [1.29, 1.82) is 0 Å². The van der Waals surface area contributed by atoms with E-state index < -0.39 is 0 Å². The molecule has 1 aromatic heterocycles. The molecule has 6 nitrogen and oxygen atoms in total. The molecule has 0 spiro atoms. The number of aromatic nitrogens is 2. The van der Waals surface area contributed by atoms with E-state index in [1.807, 2.05) is 24.3 Å². The number of nitrogens with one attached hydrogen (secondary N) is 1. The number of hydrogen-bond donors (Lipinski definition) is 1. The molecule has 1 aliphatic carbocycles. The third kappa shape index (κ3) is 3.21. The number of amides is 2. The summed E-state index contributed by atoms with van der Waals surface area (Å²) < 4.78 is 0.905. The van der Waals surface area contributed by atoms with Crippen molar-refractivity contribution in [3.8, 4) is 0 Å². The fourth-order valence-corrected chi connectivity index (χ4v) is 4.07. The van der Waals surface area contributed by atoms with Crippen molar-refractivity contribution in [2.75, 3.05) is 16.8 Å². The summed E-state index contributed by atoms with van der Waals surface area (Å²) in [5, 5.41) is 12.5. The molecular formula is C16H15BrN4O2S. The molecule has 0 unspecified atom stereocenters. The Morgan fingerprint density at radius 3 is 2.92 bits per heavy atom. The minimum atomic E-state index is -0.371. The van der Waals surface area contributed by atoms with Crippen molar-refractivity contribution in [1.82, 2.24) is 10.2 Å². The highest BCUT2D eigenvalue weighted by Gasteiger charge is 2.36. The second-order valence-corrected chi connectivity index (χ2v) is 8.02. The van der Waals surface area contributed by atoms with E-state index in [1.165, 1.54) is 11.3 Å². The molecule has 2 fully saturated rings. The first-order valence-electron chi connectivity index (χ1n) is 7.80. The molecular weight excluding hydrogens is 392 g/mol. The molecule has 0 radical (unpaired) electrons. The zero-order valence-electron chi connectivity index (χ0n) is 12.7. The van der Waals surface area contributed by atoms with Crippen LogP contribution in [0.3, 0.4) is 0 Å². The van der Waals surface area contributed by atoms with E-state index >= 15 is 0 Å². The number of anilines is 2. The topological polar surface area (TPSA) is 75.2 Å². The first kappa shape index (κ1) is 15.7. The van der Waals surface area contributed by atoms with Crippen molar-refractivity contribution >= 4 is 49.9 Å². The van der Waals surface area contributed by atoms with Gasteiger partial charge in [0.2, 0.25) is 16.9 Å². The van der Waals surface area contributed by atoms with Crippen LogP contribution in [0.25, 0.3) is 0 Å². The van der Waals surface area contributed by atoms with Crippen LogP contribution in [0.1, 0.15) is 30.2 Å². The molecule has 1 aromatic carbocycles. The summed E-state index contributed by atoms with van der Waals surface area (Å²) in [6.07, 6.45) is 2.52. The Labute approximate surface area is 151 Å². The molecule has 1 N–H and O–H groups in total. The Kier molecular flexibility index (Phi) is 4.09. The van der Waals surface area contributed by atoms with Crippen molar-refractivity contribution in [2.45, 2.75) is 25.2 Å². The predicted octanol–water partition coefficient (Wildman–Crippen LogP) is 3.17. The Balaban J connectivity index is 1.42. The molecule has 1 aliphatic heterocycles. The molecule has 1 atom stereocenters. The Morgan fingerprint density at radius 2 is 2.17 bits per heavy atom. The molecule has 1 saturated carbocycles. The minimum absolute atomic E-state index is 0.0378. The van der Waals surface area contributed by atoms with Crippen LogP contribution < -0.4 is 10.2 Å². The molecule has 1 saturated heterocycles. The van der Waals surface area contributed by atoms with Crippen LogP contribution in [0.2, 0.25) is 0 Å². The largest absolute Gasteiger partial charge is 0.312 e. The lowest BCUT2D eigenvalue weighted by Gasteiger charge is -2.16. The van der Waals surface area contributed by atoms with Gasteiger partial charge in [0.1, 0.15) is 5.01 Å². The van der Waals surface area contributed by atoms with Crippen LogP contribution in [0.15, 0.2) is 28.7 Å².